The Kier molecular flexibility index (Phi) is 8.28. The van der Waals surface area contributed by atoms with E-state index in [1.165, 1.54) is 11.1 Å². The van der Waals surface area contributed by atoms with E-state index in [1.54, 1.807) is 11.3 Å². The second-order valence-electron chi connectivity index (χ2n) is 6.30. The van der Waals surface area contributed by atoms with Gasteiger partial charge < -0.3 is 10.6 Å². The number of carbonyl (C=O) groups is 1. The fourth-order valence-corrected chi connectivity index (χ4v) is 3.87. The van der Waals surface area contributed by atoms with Gasteiger partial charge in [0.1, 0.15) is 0 Å². The molecule has 0 atom stereocenters. The number of urea groups is 1. The Morgan fingerprint density at radius 3 is 2.60 bits per heavy atom. The SMILES string of the molecule is Cc1ccc(CSCCNC(=O)NCCc2csc(C(C)C)n2)cc1. The molecule has 136 valence electrons. The third-order valence-electron chi connectivity index (χ3n) is 3.65. The molecule has 0 unspecified atom stereocenters. The molecule has 1 aromatic heterocycles. The summed E-state index contributed by atoms with van der Waals surface area (Å²) >= 11 is 3.52. The first-order valence-electron chi connectivity index (χ1n) is 8.64. The number of hydrogen-bond donors (Lipinski definition) is 2. The molecule has 0 saturated carbocycles. The van der Waals surface area contributed by atoms with Crippen molar-refractivity contribution in [3.05, 3.63) is 51.5 Å². The first kappa shape index (κ1) is 19.8. The smallest absolute Gasteiger partial charge is 0.314 e. The van der Waals surface area contributed by atoms with E-state index in [9.17, 15) is 4.79 Å². The van der Waals surface area contributed by atoms with Gasteiger partial charge in [0.25, 0.3) is 0 Å². The monoisotopic (exact) mass is 377 g/mol. The minimum atomic E-state index is -0.102. The lowest BCUT2D eigenvalue weighted by atomic mass is 10.2. The van der Waals surface area contributed by atoms with Gasteiger partial charge in [-0.3, -0.25) is 0 Å². The van der Waals surface area contributed by atoms with Gasteiger partial charge in [0, 0.05) is 42.3 Å². The molecule has 2 rings (SSSR count). The van der Waals surface area contributed by atoms with Crippen LogP contribution in [0.3, 0.4) is 0 Å². The van der Waals surface area contributed by atoms with Crippen LogP contribution in [0.15, 0.2) is 29.6 Å². The summed E-state index contributed by atoms with van der Waals surface area (Å²) in [5, 5.41) is 9.03. The van der Waals surface area contributed by atoms with Crippen molar-refractivity contribution in [3.63, 3.8) is 0 Å². The number of nitrogens with zero attached hydrogens (tertiary/aromatic N) is 1. The maximum absolute atomic E-state index is 11.8. The Hall–Kier alpha value is -1.53. The number of aryl methyl sites for hydroxylation is 1. The molecule has 0 aliphatic heterocycles. The molecule has 4 nitrogen and oxygen atoms in total. The molecule has 0 aliphatic carbocycles. The van der Waals surface area contributed by atoms with Crippen molar-refractivity contribution >= 4 is 29.1 Å². The lowest BCUT2D eigenvalue weighted by Crippen LogP contribution is -2.37. The van der Waals surface area contributed by atoms with Crippen molar-refractivity contribution in [3.8, 4) is 0 Å². The van der Waals surface area contributed by atoms with Gasteiger partial charge in [0.05, 0.1) is 10.7 Å². The van der Waals surface area contributed by atoms with Gasteiger partial charge in [0.15, 0.2) is 0 Å². The number of benzene rings is 1. The van der Waals surface area contributed by atoms with E-state index in [1.807, 2.05) is 11.8 Å². The van der Waals surface area contributed by atoms with Crippen LogP contribution in [0, 0.1) is 6.92 Å². The van der Waals surface area contributed by atoms with Crippen molar-refractivity contribution in [2.45, 2.75) is 38.9 Å². The van der Waals surface area contributed by atoms with Gasteiger partial charge in [-0.25, -0.2) is 9.78 Å². The Morgan fingerprint density at radius 1 is 1.20 bits per heavy atom. The fourth-order valence-electron chi connectivity index (χ4n) is 2.18. The molecule has 0 bridgehead atoms. The van der Waals surface area contributed by atoms with Crippen LogP contribution in [-0.2, 0) is 12.2 Å². The number of hydrogen-bond acceptors (Lipinski definition) is 4. The quantitative estimate of drug-likeness (QED) is 0.639. The maximum Gasteiger partial charge on any atom is 0.314 e. The summed E-state index contributed by atoms with van der Waals surface area (Å²) in [4.78, 5) is 16.3. The molecule has 2 N–H and O–H groups in total. The summed E-state index contributed by atoms with van der Waals surface area (Å²) in [6.07, 6.45) is 0.777. The zero-order valence-corrected chi connectivity index (χ0v) is 16.8. The predicted octanol–water partition coefficient (Wildman–Crippen LogP) is 4.35. The van der Waals surface area contributed by atoms with E-state index >= 15 is 0 Å². The number of nitrogens with one attached hydrogen (secondary N) is 2. The summed E-state index contributed by atoms with van der Waals surface area (Å²) < 4.78 is 0. The second kappa shape index (κ2) is 10.5. The molecule has 0 aliphatic rings. The summed E-state index contributed by atoms with van der Waals surface area (Å²) in [7, 11) is 0. The number of thioether (sulfide) groups is 1. The minimum Gasteiger partial charge on any atom is -0.338 e. The zero-order valence-electron chi connectivity index (χ0n) is 15.2. The van der Waals surface area contributed by atoms with Crippen molar-refractivity contribution in [2.24, 2.45) is 0 Å². The van der Waals surface area contributed by atoms with E-state index in [-0.39, 0.29) is 6.03 Å². The lowest BCUT2D eigenvalue weighted by Gasteiger charge is -2.07. The van der Waals surface area contributed by atoms with Crippen LogP contribution in [0.4, 0.5) is 4.79 Å². The standard InChI is InChI=1S/C19H27N3OS2/c1-14(2)18-22-17(13-25-18)8-9-20-19(23)21-10-11-24-12-16-6-4-15(3)5-7-16/h4-7,13-14H,8-12H2,1-3H3,(H2,20,21,23). The van der Waals surface area contributed by atoms with Gasteiger partial charge in [-0.2, -0.15) is 11.8 Å². The van der Waals surface area contributed by atoms with Gasteiger partial charge in [-0.1, -0.05) is 43.7 Å². The van der Waals surface area contributed by atoms with Crippen molar-refractivity contribution < 1.29 is 4.79 Å². The van der Waals surface area contributed by atoms with Gasteiger partial charge in [0.2, 0.25) is 0 Å². The molecule has 25 heavy (non-hydrogen) atoms. The highest BCUT2D eigenvalue weighted by molar-refractivity contribution is 7.98. The number of thiazole rings is 1. The van der Waals surface area contributed by atoms with Crippen LogP contribution in [0.1, 0.15) is 41.6 Å². The molecule has 0 saturated heterocycles. The predicted molar refractivity (Wildman–Crippen MR) is 109 cm³/mol. The van der Waals surface area contributed by atoms with E-state index in [0.29, 0.717) is 19.0 Å². The Morgan fingerprint density at radius 2 is 1.92 bits per heavy atom. The van der Waals surface area contributed by atoms with Crippen LogP contribution in [-0.4, -0.2) is 29.9 Å². The van der Waals surface area contributed by atoms with Crippen LogP contribution >= 0.6 is 23.1 Å². The van der Waals surface area contributed by atoms with Crippen LogP contribution in [0.25, 0.3) is 0 Å². The Bertz CT molecular complexity index is 653. The lowest BCUT2D eigenvalue weighted by molar-refractivity contribution is 0.241. The second-order valence-corrected chi connectivity index (χ2v) is 8.30. The van der Waals surface area contributed by atoms with Crippen molar-refractivity contribution in [2.75, 3.05) is 18.8 Å². The molecule has 2 amide bonds. The van der Waals surface area contributed by atoms with Crippen LogP contribution in [0.5, 0.6) is 0 Å². The molecule has 2 aromatic rings. The van der Waals surface area contributed by atoms with E-state index < -0.39 is 0 Å². The average Bonchev–Trinajstić information content (AvgIpc) is 3.05. The summed E-state index contributed by atoms with van der Waals surface area (Å²) in [5.41, 5.74) is 3.66. The third kappa shape index (κ3) is 7.48. The highest BCUT2D eigenvalue weighted by atomic mass is 32.2. The third-order valence-corrected chi connectivity index (χ3v) is 5.88. The largest absolute Gasteiger partial charge is 0.338 e. The molecule has 0 spiro atoms. The zero-order chi connectivity index (χ0) is 18.1. The Labute approximate surface area is 158 Å². The molecule has 0 fully saturated rings. The topological polar surface area (TPSA) is 54.0 Å². The molecular formula is C19H27N3OS2. The summed E-state index contributed by atoms with van der Waals surface area (Å²) in [6, 6.07) is 8.48. The van der Waals surface area contributed by atoms with E-state index in [4.69, 9.17) is 0 Å². The summed E-state index contributed by atoms with van der Waals surface area (Å²) in [5.74, 6) is 2.35. The number of aromatic nitrogens is 1. The molecule has 1 aromatic carbocycles. The van der Waals surface area contributed by atoms with E-state index in [0.717, 1.165) is 28.6 Å². The summed E-state index contributed by atoms with van der Waals surface area (Å²) in [6.45, 7) is 7.67. The van der Waals surface area contributed by atoms with Crippen molar-refractivity contribution in [1.82, 2.24) is 15.6 Å². The molecule has 6 heteroatoms. The molecule has 0 radical (unpaired) electrons. The number of carbonyl (C=O) groups excluding carboxylic acids is 1. The Balaban J connectivity index is 1.52. The molecule has 1 heterocycles. The first-order chi connectivity index (χ1) is 12.0. The van der Waals surface area contributed by atoms with Gasteiger partial charge in [-0.15, -0.1) is 11.3 Å². The average molecular weight is 378 g/mol. The fraction of sp³-hybridized carbons (Fsp3) is 0.474. The van der Waals surface area contributed by atoms with Crippen molar-refractivity contribution in [1.29, 1.82) is 0 Å². The van der Waals surface area contributed by atoms with Crippen LogP contribution < -0.4 is 10.6 Å². The van der Waals surface area contributed by atoms with Gasteiger partial charge >= 0.3 is 6.03 Å². The van der Waals surface area contributed by atoms with Crippen LogP contribution in [0.2, 0.25) is 0 Å². The first-order valence-corrected chi connectivity index (χ1v) is 10.7. The number of rotatable bonds is 9. The van der Waals surface area contributed by atoms with Gasteiger partial charge in [-0.05, 0) is 12.5 Å². The normalized spacial score (nSPS) is 10.9. The highest BCUT2D eigenvalue weighted by Crippen LogP contribution is 2.19. The molecular weight excluding hydrogens is 350 g/mol. The minimum absolute atomic E-state index is 0.102. The van der Waals surface area contributed by atoms with E-state index in [2.05, 4.69) is 66.0 Å². The highest BCUT2D eigenvalue weighted by Gasteiger charge is 2.06. The number of amides is 2. The maximum atomic E-state index is 11.8.